The summed E-state index contributed by atoms with van der Waals surface area (Å²) in [5, 5.41) is 0. The maximum atomic E-state index is 2.83. The molecular weight excluding hydrogens is 442 g/mol. The lowest BCUT2D eigenvalue weighted by Gasteiger charge is -2.52. The Kier molecular flexibility index (Phi) is 5.83. The Balaban J connectivity index is 1.82. The van der Waals surface area contributed by atoms with E-state index in [4.69, 9.17) is 0 Å². The number of fused-ring (bicyclic) bond motifs is 1. The van der Waals surface area contributed by atoms with Gasteiger partial charge in [0.05, 0.1) is 16.9 Å². The van der Waals surface area contributed by atoms with Crippen LogP contribution in [0.2, 0.25) is 0 Å². The van der Waals surface area contributed by atoms with Gasteiger partial charge in [-0.3, -0.25) is 0 Å². The van der Waals surface area contributed by atoms with E-state index in [0.717, 1.165) is 13.1 Å². The summed E-state index contributed by atoms with van der Waals surface area (Å²) in [6.07, 6.45) is 4.86. The maximum absolute atomic E-state index is 2.83. The van der Waals surface area contributed by atoms with Crippen LogP contribution < -0.4 is 13.7 Å². The van der Waals surface area contributed by atoms with E-state index in [2.05, 4.69) is 152 Å². The van der Waals surface area contributed by atoms with Crippen LogP contribution in [0.3, 0.4) is 0 Å². The number of rotatable bonds is 4. The van der Waals surface area contributed by atoms with Crippen molar-refractivity contribution in [3.05, 3.63) is 103 Å². The molecule has 0 radical (unpaired) electrons. The molecule has 0 fully saturated rings. The van der Waals surface area contributed by atoms with Crippen molar-refractivity contribution >= 4 is 25.6 Å². The van der Waals surface area contributed by atoms with Crippen molar-refractivity contribution in [2.24, 2.45) is 10.8 Å². The normalized spacial score (nSPS) is 19.0. The first-order valence-corrected chi connectivity index (χ1v) is 14.8. The minimum absolute atomic E-state index is 0.150. The number of hydrogen-bond acceptors (Lipinski definition) is 3. The average molecular weight is 482 g/mol. The molecule has 35 heavy (non-hydrogen) atoms. The Morgan fingerprint density at radius 3 is 1.57 bits per heavy atom. The molecule has 2 heterocycles. The molecule has 3 aromatic rings. The van der Waals surface area contributed by atoms with Gasteiger partial charge in [-0.2, -0.15) is 0 Å². The Bertz CT molecular complexity index is 1100. The summed E-state index contributed by atoms with van der Waals surface area (Å²) in [7, 11) is -2.60. The van der Waals surface area contributed by atoms with E-state index in [-0.39, 0.29) is 10.8 Å². The van der Waals surface area contributed by atoms with Crippen molar-refractivity contribution in [1.82, 2.24) is 0 Å². The quantitative estimate of drug-likeness (QED) is 0.353. The Morgan fingerprint density at radius 1 is 0.629 bits per heavy atom. The minimum Gasteiger partial charge on any atom is -0.361 e. The molecule has 0 bridgehead atoms. The van der Waals surface area contributed by atoms with E-state index < -0.39 is 8.56 Å². The van der Waals surface area contributed by atoms with Crippen molar-refractivity contribution in [3.63, 3.8) is 0 Å². The molecule has 4 heteroatoms. The van der Waals surface area contributed by atoms with Gasteiger partial charge in [-0.25, -0.2) is 0 Å². The van der Waals surface area contributed by atoms with Crippen LogP contribution in [0.1, 0.15) is 52.6 Å². The Morgan fingerprint density at radius 2 is 1.09 bits per heavy atom. The van der Waals surface area contributed by atoms with Crippen molar-refractivity contribution in [2.75, 3.05) is 26.8 Å². The standard InChI is InChI=1S/C31H39N3Si/c1-30(2,3)23-33-27-19-13-14-20-28(27)34(24-31(4,5)6)35(33)29(25-15-9-7-10-16-25)21-22-32(35)26-17-11-8-12-18-26/h7-22,29H,23-24H2,1-6H3. The van der Waals surface area contributed by atoms with E-state index in [1.165, 1.54) is 22.6 Å². The lowest BCUT2D eigenvalue weighted by atomic mass is 9.96. The molecule has 5 rings (SSSR count). The van der Waals surface area contributed by atoms with Gasteiger partial charge in [0.1, 0.15) is 0 Å². The molecule has 0 aromatic heterocycles. The summed E-state index contributed by atoms with van der Waals surface area (Å²) in [5.74, 6) is 0. The number of nitrogens with zero attached hydrogens (tertiary/aromatic N) is 3. The van der Waals surface area contributed by atoms with E-state index in [1.54, 1.807) is 0 Å². The summed E-state index contributed by atoms with van der Waals surface area (Å²) in [4.78, 5) is 0. The molecule has 0 saturated heterocycles. The van der Waals surface area contributed by atoms with Crippen molar-refractivity contribution in [1.29, 1.82) is 0 Å². The van der Waals surface area contributed by atoms with Crippen LogP contribution in [0.5, 0.6) is 0 Å². The van der Waals surface area contributed by atoms with Gasteiger partial charge in [0.15, 0.2) is 0 Å². The zero-order valence-corrected chi connectivity index (χ0v) is 23.1. The Labute approximate surface area is 212 Å². The van der Waals surface area contributed by atoms with Crippen LogP contribution in [0.4, 0.5) is 17.1 Å². The molecule has 182 valence electrons. The lowest BCUT2D eigenvalue weighted by molar-refractivity contribution is 0.420. The van der Waals surface area contributed by atoms with Gasteiger partial charge in [-0.15, -0.1) is 0 Å². The molecule has 1 spiro atoms. The highest BCUT2D eigenvalue weighted by Gasteiger charge is 2.65. The molecule has 0 N–H and O–H groups in total. The fourth-order valence-electron chi connectivity index (χ4n) is 5.79. The van der Waals surface area contributed by atoms with E-state index in [0.29, 0.717) is 5.54 Å². The molecule has 0 aliphatic carbocycles. The SMILES string of the molecule is CC(C)(C)CN1c2ccccc2N(CC(C)(C)C)[Si]12C(c1ccccc1)C=CN2c1ccccc1. The average Bonchev–Trinajstić information content (AvgIpc) is 3.32. The largest absolute Gasteiger partial charge is 0.395 e. The smallest absolute Gasteiger partial charge is 0.361 e. The third-order valence-electron chi connectivity index (χ3n) is 6.92. The van der Waals surface area contributed by atoms with Gasteiger partial charge in [-0.1, -0.05) is 108 Å². The zero-order chi connectivity index (χ0) is 24.8. The predicted octanol–water partition coefficient (Wildman–Crippen LogP) is 7.70. The molecule has 3 nitrogen and oxygen atoms in total. The molecule has 2 aliphatic heterocycles. The third kappa shape index (κ3) is 4.18. The van der Waals surface area contributed by atoms with Gasteiger partial charge in [0, 0.05) is 18.8 Å². The minimum atomic E-state index is -2.60. The van der Waals surface area contributed by atoms with E-state index >= 15 is 0 Å². The number of allylic oxidation sites excluding steroid dienone is 1. The molecule has 0 saturated carbocycles. The fourth-order valence-corrected chi connectivity index (χ4v) is 11.9. The van der Waals surface area contributed by atoms with Gasteiger partial charge in [-0.05, 0) is 46.9 Å². The number of para-hydroxylation sites is 3. The number of hydrogen-bond donors (Lipinski definition) is 0. The van der Waals surface area contributed by atoms with Crippen LogP contribution in [-0.4, -0.2) is 21.6 Å². The number of benzene rings is 3. The fraction of sp³-hybridized carbons (Fsp3) is 0.355. The van der Waals surface area contributed by atoms with Gasteiger partial charge < -0.3 is 13.7 Å². The molecule has 3 aromatic carbocycles. The molecule has 1 atom stereocenters. The van der Waals surface area contributed by atoms with Gasteiger partial charge in [0.25, 0.3) is 0 Å². The topological polar surface area (TPSA) is 9.72 Å². The van der Waals surface area contributed by atoms with Crippen LogP contribution in [0.25, 0.3) is 0 Å². The summed E-state index contributed by atoms with van der Waals surface area (Å²) < 4.78 is 8.33. The molecular formula is C31H39N3Si. The zero-order valence-electron chi connectivity index (χ0n) is 22.1. The third-order valence-corrected chi connectivity index (χ3v) is 11.8. The first kappa shape index (κ1) is 23.7. The van der Waals surface area contributed by atoms with E-state index in [9.17, 15) is 0 Å². The second kappa shape index (κ2) is 8.60. The van der Waals surface area contributed by atoms with Gasteiger partial charge >= 0.3 is 8.56 Å². The van der Waals surface area contributed by atoms with Crippen LogP contribution in [0, 0.1) is 10.8 Å². The second-order valence-electron chi connectivity index (χ2n) is 12.4. The first-order chi connectivity index (χ1) is 16.6. The molecule has 2 aliphatic rings. The molecule has 1 unspecified atom stereocenters. The molecule has 0 amide bonds. The highest BCUT2D eigenvalue weighted by molar-refractivity contribution is 6.94. The number of anilines is 3. The highest BCUT2D eigenvalue weighted by atomic mass is 28.4. The maximum Gasteiger partial charge on any atom is 0.395 e. The van der Waals surface area contributed by atoms with E-state index in [1.807, 2.05) is 0 Å². The summed E-state index contributed by atoms with van der Waals surface area (Å²) in [5.41, 5.74) is 6.04. The van der Waals surface area contributed by atoms with Crippen LogP contribution >= 0.6 is 0 Å². The van der Waals surface area contributed by atoms with Crippen LogP contribution in [-0.2, 0) is 0 Å². The van der Waals surface area contributed by atoms with Crippen molar-refractivity contribution in [2.45, 2.75) is 47.1 Å². The lowest BCUT2D eigenvalue weighted by Crippen LogP contribution is -2.75. The Hall–Kier alpha value is -2.98. The summed E-state index contributed by atoms with van der Waals surface area (Å²) in [6.45, 7) is 16.2. The van der Waals surface area contributed by atoms with Gasteiger partial charge in [0.2, 0.25) is 0 Å². The monoisotopic (exact) mass is 481 g/mol. The summed E-state index contributed by atoms with van der Waals surface area (Å²) in [6, 6.07) is 31.3. The first-order valence-electron chi connectivity index (χ1n) is 12.8. The van der Waals surface area contributed by atoms with Crippen molar-refractivity contribution < 1.29 is 0 Å². The predicted molar refractivity (Wildman–Crippen MR) is 153 cm³/mol. The van der Waals surface area contributed by atoms with Crippen LogP contribution in [0.15, 0.2) is 97.2 Å². The van der Waals surface area contributed by atoms with Crippen molar-refractivity contribution in [3.8, 4) is 0 Å². The highest BCUT2D eigenvalue weighted by Crippen LogP contribution is 2.54. The summed E-state index contributed by atoms with van der Waals surface area (Å²) >= 11 is 0. The second-order valence-corrected chi connectivity index (χ2v) is 16.0.